The van der Waals surface area contributed by atoms with E-state index >= 15 is 0 Å². The highest BCUT2D eigenvalue weighted by atomic mass is 16.5. The Kier molecular flexibility index (Phi) is 5.17. The minimum absolute atomic E-state index is 0.322. The van der Waals surface area contributed by atoms with Crippen LogP contribution < -0.4 is 4.74 Å². The third-order valence-corrected chi connectivity index (χ3v) is 2.38. The highest BCUT2D eigenvalue weighted by Gasteiger charge is 1.93. The van der Waals surface area contributed by atoms with Gasteiger partial charge in [-0.2, -0.15) is 0 Å². The van der Waals surface area contributed by atoms with Gasteiger partial charge in [0.15, 0.2) is 0 Å². The zero-order chi connectivity index (χ0) is 14.0. The molecule has 1 aromatic heterocycles. The molecule has 0 aliphatic heterocycles. The van der Waals surface area contributed by atoms with Gasteiger partial charge in [-0.1, -0.05) is 36.4 Å². The molecule has 20 heavy (non-hydrogen) atoms. The van der Waals surface area contributed by atoms with E-state index in [0.29, 0.717) is 5.75 Å². The molecular weight excluding hydrogens is 250 g/mol. The first kappa shape index (κ1) is 13.6. The number of hydrogen-bond donors (Lipinski definition) is 1. The molecular formula is C17H15NO2. The molecule has 3 nitrogen and oxygen atoms in total. The normalized spacial score (nSPS) is 9.20. The highest BCUT2D eigenvalue weighted by molar-refractivity contribution is 5.28. The van der Waals surface area contributed by atoms with Gasteiger partial charge < -0.3 is 9.84 Å². The fraction of sp³-hybridized carbons (Fsp3) is 0. The lowest BCUT2D eigenvalue weighted by Gasteiger charge is -2.03. The van der Waals surface area contributed by atoms with E-state index < -0.39 is 0 Å². The van der Waals surface area contributed by atoms with Gasteiger partial charge in [0.25, 0.3) is 0 Å². The fourth-order valence-corrected chi connectivity index (χ4v) is 1.46. The first-order chi connectivity index (χ1) is 9.84. The Morgan fingerprint density at radius 2 is 1.15 bits per heavy atom. The molecule has 0 fully saturated rings. The van der Waals surface area contributed by atoms with E-state index in [1.807, 2.05) is 48.5 Å². The topological polar surface area (TPSA) is 42.4 Å². The Bertz CT molecular complexity index is 560. The van der Waals surface area contributed by atoms with Crippen LogP contribution in [0.5, 0.6) is 17.2 Å². The van der Waals surface area contributed by atoms with Crippen molar-refractivity contribution >= 4 is 0 Å². The molecule has 0 atom stereocenters. The van der Waals surface area contributed by atoms with Gasteiger partial charge in [-0.05, 0) is 36.4 Å². The van der Waals surface area contributed by atoms with Crippen LogP contribution in [0.2, 0.25) is 0 Å². The van der Waals surface area contributed by atoms with Crippen molar-refractivity contribution in [1.82, 2.24) is 4.98 Å². The predicted molar refractivity (Wildman–Crippen MR) is 78.9 cm³/mol. The molecule has 1 N–H and O–H groups in total. The summed E-state index contributed by atoms with van der Waals surface area (Å²) >= 11 is 0. The molecule has 0 aliphatic carbocycles. The molecule has 0 saturated carbocycles. The Morgan fingerprint density at radius 1 is 0.650 bits per heavy atom. The van der Waals surface area contributed by atoms with Crippen molar-refractivity contribution in [3.05, 3.63) is 85.2 Å². The minimum Gasteiger partial charge on any atom is -0.508 e. The second kappa shape index (κ2) is 7.59. The average molecular weight is 265 g/mol. The van der Waals surface area contributed by atoms with E-state index in [9.17, 15) is 0 Å². The molecule has 0 radical (unpaired) electrons. The molecule has 100 valence electrons. The number of pyridine rings is 1. The number of aromatic nitrogens is 1. The van der Waals surface area contributed by atoms with Crippen LogP contribution >= 0.6 is 0 Å². The van der Waals surface area contributed by atoms with Crippen molar-refractivity contribution in [2.45, 2.75) is 0 Å². The zero-order valence-electron chi connectivity index (χ0n) is 10.9. The summed E-state index contributed by atoms with van der Waals surface area (Å²) in [7, 11) is 0. The largest absolute Gasteiger partial charge is 0.508 e. The monoisotopic (exact) mass is 265 g/mol. The molecule has 3 rings (SSSR count). The van der Waals surface area contributed by atoms with Crippen molar-refractivity contribution in [2.24, 2.45) is 0 Å². The number of para-hydroxylation sites is 2. The van der Waals surface area contributed by atoms with Crippen molar-refractivity contribution in [3.8, 4) is 17.2 Å². The predicted octanol–water partition coefficient (Wildman–Crippen LogP) is 4.27. The number of ether oxygens (including phenoxy) is 1. The van der Waals surface area contributed by atoms with Gasteiger partial charge in [0.05, 0.1) is 0 Å². The summed E-state index contributed by atoms with van der Waals surface area (Å²) in [6.07, 6.45) is 3.41. The molecule has 2 aromatic carbocycles. The van der Waals surface area contributed by atoms with Gasteiger partial charge in [-0.3, -0.25) is 4.98 Å². The molecule has 0 spiro atoms. The number of hydrogen-bond acceptors (Lipinski definition) is 3. The molecule has 0 unspecified atom stereocenters. The quantitative estimate of drug-likeness (QED) is 0.752. The van der Waals surface area contributed by atoms with Crippen molar-refractivity contribution in [3.63, 3.8) is 0 Å². The Morgan fingerprint density at radius 3 is 1.65 bits per heavy atom. The Balaban J connectivity index is 0.000000178. The average Bonchev–Trinajstić information content (AvgIpc) is 2.51. The van der Waals surface area contributed by atoms with E-state index in [4.69, 9.17) is 9.84 Å². The maximum Gasteiger partial charge on any atom is 0.130 e. The second-order valence-corrected chi connectivity index (χ2v) is 3.93. The van der Waals surface area contributed by atoms with E-state index in [2.05, 4.69) is 4.98 Å². The van der Waals surface area contributed by atoms with Crippen LogP contribution in [-0.2, 0) is 0 Å². The standard InChI is InChI=1S/C11H9NO.C6H6O/c1-2-4-10(5-3-1)13-11-6-8-12-9-7-11;7-6-4-2-1-3-5-6/h1-9H;1-5,7H. The Hall–Kier alpha value is -2.81. The summed E-state index contributed by atoms with van der Waals surface area (Å²) in [6.45, 7) is 0. The van der Waals surface area contributed by atoms with E-state index in [0.717, 1.165) is 11.5 Å². The molecule has 1 heterocycles. The van der Waals surface area contributed by atoms with Crippen LogP contribution in [0.3, 0.4) is 0 Å². The third kappa shape index (κ3) is 4.82. The number of phenolic OH excluding ortho intramolecular Hbond substituents is 1. The van der Waals surface area contributed by atoms with Crippen LogP contribution in [0.1, 0.15) is 0 Å². The van der Waals surface area contributed by atoms with Crippen molar-refractivity contribution in [1.29, 1.82) is 0 Å². The second-order valence-electron chi connectivity index (χ2n) is 3.93. The molecule has 0 bridgehead atoms. The SMILES string of the molecule is Oc1ccccc1.c1ccc(Oc2ccncc2)cc1. The van der Waals surface area contributed by atoms with Crippen LogP contribution in [0.4, 0.5) is 0 Å². The molecule has 0 aliphatic rings. The molecule has 0 saturated heterocycles. The summed E-state index contributed by atoms with van der Waals surface area (Å²) < 4.78 is 5.54. The number of rotatable bonds is 2. The summed E-state index contributed by atoms with van der Waals surface area (Å²) in [5.41, 5.74) is 0. The van der Waals surface area contributed by atoms with Gasteiger partial charge in [0.2, 0.25) is 0 Å². The van der Waals surface area contributed by atoms with Crippen LogP contribution in [0.15, 0.2) is 85.2 Å². The maximum absolute atomic E-state index is 8.63. The fourth-order valence-electron chi connectivity index (χ4n) is 1.46. The highest BCUT2D eigenvalue weighted by Crippen LogP contribution is 2.18. The third-order valence-electron chi connectivity index (χ3n) is 2.38. The van der Waals surface area contributed by atoms with Crippen LogP contribution in [-0.4, -0.2) is 10.1 Å². The van der Waals surface area contributed by atoms with Gasteiger partial charge in [-0.15, -0.1) is 0 Å². The smallest absolute Gasteiger partial charge is 0.130 e. The maximum atomic E-state index is 8.63. The number of phenols is 1. The number of nitrogens with zero attached hydrogens (tertiary/aromatic N) is 1. The van der Waals surface area contributed by atoms with Crippen LogP contribution in [0.25, 0.3) is 0 Å². The van der Waals surface area contributed by atoms with E-state index in [-0.39, 0.29) is 0 Å². The molecule has 0 amide bonds. The summed E-state index contributed by atoms with van der Waals surface area (Å²) in [4.78, 5) is 3.91. The van der Waals surface area contributed by atoms with E-state index in [1.165, 1.54) is 0 Å². The van der Waals surface area contributed by atoms with Gasteiger partial charge in [0, 0.05) is 12.4 Å². The zero-order valence-corrected chi connectivity index (χ0v) is 10.9. The lowest BCUT2D eigenvalue weighted by molar-refractivity contribution is 0.475. The number of benzene rings is 2. The van der Waals surface area contributed by atoms with Crippen molar-refractivity contribution in [2.75, 3.05) is 0 Å². The van der Waals surface area contributed by atoms with Crippen LogP contribution in [0, 0.1) is 0 Å². The lowest BCUT2D eigenvalue weighted by Crippen LogP contribution is -1.82. The summed E-state index contributed by atoms with van der Waals surface area (Å²) in [5.74, 6) is 1.97. The molecule has 3 aromatic rings. The number of aromatic hydroxyl groups is 1. The summed E-state index contributed by atoms with van der Waals surface area (Å²) in [5, 5.41) is 8.63. The Labute approximate surface area is 118 Å². The van der Waals surface area contributed by atoms with Gasteiger partial charge in [0.1, 0.15) is 17.2 Å². The molecule has 3 heteroatoms. The van der Waals surface area contributed by atoms with Gasteiger partial charge in [-0.25, -0.2) is 0 Å². The summed E-state index contributed by atoms with van der Waals surface area (Å²) in [6, 6.07) is 22.0. The van der Waals surface area contributed by atoms with Gasteiger partial charge >= 0.3 is 0 Å². The first-order valence-corrected chi connectivity index (χ1v) is 6.21. The minimum atomic E-state index is 0.322. The lowest BCUT2D eigenvalue weighted by atomic mass is 10.3. The van der Waals surface area contributed by atoms with Crippen molar-refractivity contribution < 1.29 is 9.84 Å². The van der Waals surface area contributed by atoms with E-state index in [1.54, 1.807) is 36.7 Å². The first-order valence-electron chi connectivity index (χ1n) is 6.21.